The summed E-state index contributed by atoms with van der Waals surface area (Å²) in [7, 11) is 2.56. The van der Waals surface area contributed by atoms with Crippen molar-refractivity contribution in [3.8, 4) is 5.75 Å². The zero-order valence-electron chi connectivity index (χ0n) is 70.5. The molecule has 2 aliphatic heterocycles. The molecular formula is C92H141N5O20. The topological polar surface area (TPSA) is 355 Å². The number of carbonyl (C=O) groups is 7. The molecule has 5 amide bonds. The monoisotopic (exact) mass is 1640 g/mol. The number of aliphatic hydroxyl groups is 5. The summed E-state index contributed by atoms with van der Waals surface area (Å²) < 4.78 is 44.1. The maximum Gasteiger partial charge on any atom is 0.309 e. The quantitative estimate of drug-likeness (QED) is 0.0164. The molecule has 0 aromatic heterocycles. The molecule has 0 aliphatic carbocycles. The second-order valence-electron chi connectivity index (χ2n) is 28.7. The molecule has 0 spiro atoms. The highest BCUT2D eigenvalue weighted by molar-refractivity contribution is 5.88. The van der Waals surface area contributed by atoms with Gasteiger partial charge in [-0.3, -0.25) is 33.6 Å². The van der Waals surface area contributed by atoms with E-state index in [9.17, 15) is 59.1 Å². The Morgan fingerprint density at radius 1 is 0.453 bits per heavy atom. The molecule has 0 radical (unpaired) electrons. The molecule has 0 bridgehead atoms. The number of esters is 2. The largest absolute Gasteiger partial charge is 0.492 e. The minimum absolute atomic E-state index is 0.00647. The number of methoxy groups -OCH3 is 2. The summed E-state index contributed by atoms with van der Waals surface area (Å²) in [6.45, 7) is 8.13. The summed E-state index contributed by atoms with van der Waals surface area (Å²) >= 11 is 0. The normalized spacial score (nSPS) is 20.9. The van der Waals surface area contributed by atoms with Crippen LogP contribution in [0.15, 0.2) is 170 Å². The highest BCUT2D eigenvalue weighted by Crippen LogP contribution is 2.29. The smallest absolute Gasteiger partial charge is 0.309 e. The van der Waals surface area contributed by atoms with Gasteiger partial charge in [-0.2, -0.15) is 0 Å². The van der Waals surface area contributed by atoms with E-state index in [2.05, 4.69) is 175 Å². The van der Waals surface area contributed by atoms with Crippen LogP contribution in [0.25, 0.3) is 0 Å². The van der Waals surface area contributed by atoms with Crippen molar-refractivity contribution in [3.05, 3.63) is 176 Å². The molecule has 25 heteroatoms. The van der Waals surface area contributed by atoms with E-state index in [4.69, 9.17) is 37.9 Å². The number of aliphatic hydroxyl groups excluding tert-OH is 5. The van der Waals surface area contributed by atoms with Crippen molar-refractivity contribution in [1.29, 1.82) is 0 Å². The summed E-state index contributed by atoms with van der Waals surface area (Å²) in [5, 5.41) is 68.4. The van der Waals surface area contributed by atoms with Gasteiger partial charge in [-0.25, -0.2) is 0 Å². The first-order valence-corrected chi connectivity index (χ1v) is 42.5. The summed E-state index contributed by atoms with van der Waals surface area (Å²) in [5.74, 6) is -3.57. The molecule has 1 aromatic rings. The highest BCUT2D eigenvalue weighted by Gasteiger charge is 2.50. The van der Waals surface area contributed by atoms with Crippen LogP contribution in [0.1, 0.15) is 213 Å². The van der Waals surface area contributed by atoms with Gasteiger partial charge in [-0.05, 0) is 153 Å². The van der Waals surface area contributed by atoms with Gasteiger partial charge < -0.3 is 90.0 Å². The first-order chi connectivity index (χ1) is 56.9. The van der Waals surface area contributed by atoms with Crippen LogP contribution in [-0.2, 0) is 73.1 Å². The van der Waals surface area contributed by atoms with Crippen LogP contribution < -0.4 is 31.3 Å². The Morgan fingerprint density at radius 3 is 1.43 bits per heavy atom. The number of allylic oxidation sites excluding steroid dienone is 24. The van der Waals surface area contributed by atoms with Crippen LogP contribution in [0.2, 0.25) is 0 Å². The Balaban J connectivity index is 1.59. The number of rotatable bonds is 64. The molecule has 2 heterocycles. The zero-order chi connectivity index (χ0) is 85.1. The molecule has 25 nitrogen and oxygen atoms in total. The van der Waals surface area contributed by atoms with Crippen molar-refractivity contribution in [2.75, 3.05) is 60.3 Å². The fraction of sp³-hybridized carbons (Fsp3) is 0.598. The molecule has 1 aromatic carbocycles. The third-order valence-corrected chi connectivity index (χ3v) is 19.0. The fourth-order valence-electron chi connectivity index (χ4n) is 12.4. The molecule has 4 unspecified atom stereocenters. The maximum absolute atomic E-state index is 14.1. The minimum Gasteiger partial charge on any atom is -0.492 e. The van der Waals surface area contributed by atoms with Crippen molar-refractivity contribution in [2.24, 2.45) is 5.92 Å². The van der Waals surface area contributed by atoms with E-state index in [1.54, 1.807) is 19.1 Å². The van der Waals surface area contributed by atoms with Gasteiger partial charge in [0.15, 0.2) is 18.7 Å². The van der Waals surface area contributed by atoms with E-state index in [1.165, 1.54) is 14.2 Å². The predicted molar refractivity (Wildman–Crippen MR) is 457 cm³/mol. The Bertz CT molecular complexity index is 3270. The average Bonchev–Trinajstić information content (AvgIpc) is 0.798. The van der Waals surface area contributed by atoms with Gasteiger partial charge in [0.1, 0.15) is 67.2 Å². The molecule has 654 valence electrons. The third-order valence-electron chi connectivity index (χ3n) is 19.0. The predicted octanol–water partition coefficient (Wildman–Crippen LogP) is 12.2. The number of amides is 5. The maximum atomic E-state index is 14.1. The first kappa shape index (κ1) is 103. The molecule has 3 rings (SSSR count). The molecule has 0 saturated carbocycles. The van der Waals surface area contributed by atoms with Crippen molar-refractivity contribution < 1.29 is 97.0 Å². The second-order valence-corrected chi connectivity index (χ2v) is 28.7. The number of unbranched alkanes of at least 4 members (excludes halogenated alkanes) is 5. The number of nitrogens with one attached hydrogen (secondary N) is 5. The Labute approximate surface area is 696 Å². The molecule has 2 saturated heterocycles. The SMILES string of the molecule is CC/C=C\C/C=C\C/C=C\C/C=C\C/C=C\C/C=C\CCC(=O)NCCOc1ccc(C[C@H](NC(=O)CC/C=C\C/C=C\C/C=C\C/C=C\C/C=C\C/C=C\CC)C(=O)NCCCC[C@H](NC(=O)CCCCCC)C(=O)NCCCC[C@H](CC(=O)O[C@@H]2C(O)[C@H](OCC3O[C@H](OC)C(O)[C@@H](O)[C@@H]3O)OC(COC)[C@H]2O)C(=O)OCC)cc1. The number of hydrogen-bond acceptors (Lipinski definition) is 20. The Kier molecular flexibility index (Phi) is 59.6. The summed E-state index contributed by atoms with van der Waals surface area (Å²) in [5.41, 5.74) is 0.772. The van der Waals surface area contributed by atoms with Crippen LogP contribution in [0, 0.1) is 5.92 Å². The first-order valence-electron chi connectivity index (χ1n) is 42.5. The number of carbonyl (C=O) groups excluding carboxylic acids is 7. The van der Waals surface area contributed by atoms with Crippen LogP contribution in [0.3, 0.4) is 0 Å². The number of ether oxygens (including phenoxy) is 8. The van der Waals surface area contributed by atoms with E-state index >= 15 is 0 Å². The van der Waals surface area contributed by atoms with Gasteiger partial charge in [0.05, 0.1) is 38.7 Å². The minimum atomic E-state index is -1.82. The van der Waals surface area contributed by atoms with Gasteiger partial charge >= 0.3 is 11.9 Å². The van der Waals surface area contributed by atoms with Crippen LogP contribution >= 0.6 is 0 Å². The van der Waals surface area contributed by atoms with E-state index in [0.717, 1.165) is 95.5 Å². The lowest BCUT2D eigenvalue weighted by molar-refractivity contribution is -0.329. The second kappa shape index (κ2) is 67.7. The van der Waals surface area contributed by atoms with Crippen LogP contribution in [-0.4, -0.2) is 201 Å². The van der Waals surface area contributed by atoms with E-state index < -0.39 is 116 Å². The van der Waals surface area contributed by atoms with Gasteiger partial charge in [0.2, 0.25) is 29.5 Å². The van der Waals surface area contributed by atoms with Crippen molar-refractivity contribution >= 4 is 41.5 Å². The van der Waals surface area contributed by atoms with Crippen LogP contribution in [0.4, 0.5) is 0 Å². The third kappa shape index (κ3) is 48.5. The summed E-state index contributed by atoms with van der Waals surface area (Å²) in [6, 6.07) is 5.40. The lowest BCUT2D eigenvalue weighted by atomic mass is 9.97. The lowest BCUT2D eigenvalue weighted by Crippen LogP contribution is -2.62. The van der Waals surface area contributed by atoms with Gasteiger partial charge in [0.25, 0.3) is 0 Å². The van der Waals surface area contributed by atoms with Crippen molar-refractivity contribution in [2.45, 2.75) is 287 Å². The van der Waals surface area contributed by atoms with E-state index in [1.807, 2.05) is 30.4 Å². The fourth-order valence-corrected chi connectivity index (χ4v) is 12.4. The van der Waals surface area contributed by atoms with Gasteiger partial charge in [-0.1, -0.05) is 204 Å². The lowest BCUT2D eigenvalue weighted by Gasteiger charge is -2.43. The summed E-state index contributed by atoms with van der Waals surface area (Å²) in [4.78, 5) is 94.3. The molecule has 117 heavy (non-hydrogen) atoms. The average molecular weight is 1640 g/mol. The Hall–Kier alpha value is -8.21. The van der Waals surface area contributed by atoms with E-state index in [-0.39, 0.29) is 82.7 Å². The van der Waals surface area contributed by atoms with Crippen LogP contribution in [0.5, 0.6) is 5.75 Å². The zero-order valence-corrected chi connectivity index (χ0v) is 70.5. The summed E-state index contributed by atoms with van der Waals surface area (Å²) in [6.07, 6.45) is 53.7. The molecule has 2 fully saturated rings. The highest BCUT2D eigenvalue weighted by atomic mass is 16.7. The number of hydrogen-bond donors (Lipinski definition) is 10. The van der Waals surface area contributed by atoms with Gasteiger partial charge in [-0.15, -0.1) is 0 Å². The van der Waals surface area contributed by atoms with Crippen molar-refractivity contribution in [1.82, 2.24) is 26.6 Å². The van der Waals surface area contributed by atoms with Crippen molar-refractivity contribution in [3.63, 3.8) is 0 Å². The molecule has 2 aliphatic rings. The molecular weight excluding hydrogens is 1500 g/mol. The Morgan fingerprint density at radius 2 is 0.923 bits per heavy atom. The standard InChI is InChI=1S/C92H141N5O20/c1-7-11-14-17-19-21-23-25-27-29-31-33-35-37-39-41-43-45-48-56-78(98)93-65-66-113-73-61-59-71(60-62-73)67-75(97-80(100)58-49-46-44-42-40-38-36-34-32-30-28-26-24-22-20-18-15-12-8-2)89(108)95-64-53-51-55-74(96-79(99)57-47-16-13-9-3)88(107)94-63-52-50-54-72(90(109)112-10-4)68-81(101)117-87-83(103)76(69-110-5)116-92(86(87)106)114-70-77-82(102)84(104)85(105)91(111-6)115-77/h11-12,14-15,19-22,25-28,31-34,37-40,43-46,59-62,72,74-77,82-87,91-92,102-106H,7-10,13,16-18,23-24,29-30,35-36,41-42,47-58,63-70H2,1-6H3,(H,93,98)(H,94,107)(H,95,108)(H,96,99)(H,97,100)/b14-11-,15-12-,21-19-,22-20-,27-25-,28-26-,33-31-,34-32-,39-37-,40-38-,45-43-,46-44-/t72-,74+,75+,76?,77?,82-,83-,84+,85?,86?,87+,91+,92-/m1/s1. The van der Waals surface area contributed by atoms with E-state index in [0.29, 0.717) is 70.1 Å². The molecule has 10 N–H and O–H groups in total. The molecule has 13 atom stereocenters. The van der Waals surface area contributed by atoms with Gasteiger partial charge in [0, 0.05) is 53.0 Å². The number of benzene rings is 1.